The van der Waals surface area contributed by atoms with Crippen LogP contribution in [0.2, 0.25) is 5.02 Å². The zero-order valence-corrected chi connectivity index (χ0v) is 22.6. The first kappa shape index (κ1) is 28.1. The fourth-order valence-corrected chi connectivity index (χ4v) is 5.44. The first-order valence-electron chi connectivity index (χ1n) is 11.6. The molecule has 3 aromatic rings. The third-order valence-corrected chi connectivity index (χ3v) is 8.26. The lowest BCUT2D eigenvalue weighted by atomic mass is 10.1. The van der Waals surface area contributed by atoms with Gasteiger partial charge in [-0.1, -0.05) is 47.5 Å². The third kappa shape index (κ3) is 6.47. The van der Waals surface area contributed by atoms with Crippen LogP contribution < -0.4 is 9.62 Å². The summed E-state index contributed by atoms with van der Waals surface area (Å²) in [5.41, 5.74) is 2.19. The van der Waals surface area contributed by atoms with E-state index < -0.39 is 40.2 Å². The molecule has 0 heterocycles. The van der Waals surface area contributed by atoms with Crippen molar-refractivity contribution in [2.45, 2.75) is 38.3 Å². The highest BCUT2D eigenvalue weighted by Gasteiger charge is 2.33. The first-order valence-corrected chi connectivity index (χ1v) is 13.4. The zero-order chi connectivity index (χ0) is 27.3. The van der Waals surface area contributed by atoms with Gasteiger partial charge in [0, 0.05) is 18.6 Å². The number of hydrogen-bond acceptors (Lipinski definition) is 4. The zero-order valence-electron chi connectivity index (χ0n) is 21.0. The SMILES string of the molecule is CNC(=O)C(C)N(Cc1ccc(F)cc1)C(=O)CN(c1cccc(Cl)c1C)S(=O)(=O)c1ccc(C)cc1. The maximum atomic E-state index is 13.8. The molecule has 0 saturated heterocycles. The summed E-state index contributed by atoms with van der Waals surface area (Å²) in [6, 6.07) is 15.7. The molecule has 1 N–H and O–H groups in total. The number of carbonyl (C=O) groups is 2. The Morgan fingerprint density at radius 1 is 1.00 bits per heavy atom. The summed E-state index contributed by atoms with van der Waals surface area (Å²) in [5.74, 6) is -1.48. The molecule has 2 amide bonds. The predicted molar refractivity (Wildman–Crippen MR) is 142 cm³/mol. The molecule has 0 bridgehead atoms. The molecule has 1 unspecified atom stereocenters. The normalized spacial score (nSPS) is 12.1. The van der Waals surface area contributed by atoms with Crippen LogP contribution in [0.4, 0.5) is 10.1 Å². The molecule has 0 saturated carbocycles. The van der Waals surface area contributed by atoms with Crippen LogP contribution in [-0.4, -0.2) is 44.8 Å². The van der Waals surface area contributed by atoms with Crippen LogP contribution in [-0.2, 0) is 26.2 Å². The number of nitrogens with one attached hydrogen (secondary N) is 1. The number of benzene rings is 3. The van der Waals surface area contributed by atoms with Gasteiger partial charge in [0.25, 0.3) is 10.0 Å². The van der Waals surface area contributed by atoms with Crippen molar-refractivity contribution in [2.24, 2.45) is 0 Å². The van der Waals surface area contributed by atoms with Crippen molar-refractivity contribution in [3.63, 3.8) is 0 Å². The molecule has 196 valence electrons. The molecule has 0 aliphatic heterocycles. The lowest BCUT2D eigenvalue weighted by Crippen LogP contribution is -2.50. The number of sulfonamides is 1. The maximum absolute atomic E-state index is 13.8. The van der Waals surface area contributed by atoms with Gasteiger partial charge in [-0.2, -0.15) is 0 Å². The van der Waals surface area contributed by atoms with Crippen molar-refractivity contribution in [2.75, 3.05) is 17.9 Å². The van der Waals surface area contributed by atoms with E-state index in [2.05, 4.69) is 5.32 Å². The summed E-state index contributed by atoms with van der Waals surface area (Å²) < 4.78 is 42.1. The number of nitrogens with zero attached hydrogens (tertiary/aromatic N) is 2. The molecule has 37 heavy (non-hydrogen) atoms. The van der Waals surface area contributed by atoms with E-state index in [0.29, 0.717) is 16.1 Å². The monoisotopic (exact) mass is 545 g/mol. The minimum absolute atomic E-state index is 0.00899. The number of hydrogen-bond donors (Lipinski definition) is 1. The Hall–Kier alpha value is -3.43. The predicted octanol–water partition coefficient (Wildman–Crippen LogP) is 4.45. The van der Waals surface area contributed by atoms with Crippen molar-refractivity contribution in [1.29, 1.82) is 0 Å². The van der Waals surface area contributed by atoms with E-state index in [-0.39, 0.29) is 17.1 Å². The number of anilines is 1. The number of likely N-dealkylation sites (N-methyl/N-ethyl adjacent to an activating group) is 1. The molecule has 0 spiro atoms. The van der Waals surface area contributed by atoms with Gasteiger partial charge in [-0.3, -0.25) is 13.9 Å². The Balaban J connectivity index is 2.07. The van der Waals surface area contributed by atoms with Gasteiger partial charge >= 0.3 is 0 Å². The quantitative estimate of drug-likeness (QED) is 0.430. The standard InChI is InChI=1S/C27H29ClFN3O4S/c1-18-8-14-23(15-9-18)37(35,36)32(25-7-5-6-24(28)19(25)2)17-26(33)31(20(3)27(34)30-4)16-21-10-12-22(29)13-11-21/h5-15,20H,16-17H2,1-4H3,(H,30,34). The van der Waals surface area contributed by atoms with Gasteiger partial charge in [-0.25, -0.2) is 12.8 Å². The lowest BCUT2D eigenvalue weighted by Gasteiger charge is -2.32. The molecule has 7 nitrogen and oxygen atoms in total. The van der Waals surface area contributed by atoms with E-state index in [1.807, 2.05) is 6.92 Å². The van der Waals surface area contributed by atoms with Crippen LogP contribution >= 0.6 is 11.6 Å². The van der Waals surface area contributed by atoms with E-state index in [1.165, 1.54) is 48.3 Å². The highest BCUT2D eigenvalue weighted by molar-refractivity contribution is 7.92. The van der Waals surface area contributed by atoms with Gasteiger partial charge in [-0.15, -0.1) is 0 Å². The first-order chi connectivity index (χ1) is 17.4. The van der Waals surface area contributed by atoms with E-state index in [0.717, 1.165) is 9.87 Å². The average molecular weight is 546 g/mol. The molecule has 0 aliphatic carbocycles. The molecule has 0 aliphatic rings. The minimum Gasteiger partial charge on any atom is -0.357 e. The van der Waals surface area contributed by atoms with Crippen LogP contribution in [0.3, 0.4) is 0 Å². The number of halogens is 2. The van der Waals surface area contributed by atoms with Gasteiger partial charge in [0.2, 0.25) is 11.8 Å². The highest BCUT2D eigenvalue weighted by Crippen LogP contribution is 2.31. The summed E-state index contributed by atoms with van der Waals surface area (Å²) in [6.45, 7) is 4.44. The largest absolute Gasteiger partial charge is 0.357 e. The Kier molecular flexibility index (Phi) is 8.94. The van der Waals surface area contributed by atoms with Crippen molar-refractivity contribution in [1.82, 2.24) is 10.2 Å². The van der Waals surface area contributed by atoms with Crippen LogP contribution in [0.5, 0.6) is 0 Å². The Labute approximate surface area is 221 Å². The van der Waals surface area contributed by atoms with Crippen LogP contribution in [0.15, 0.2) is 71.6 Å². The minimum atomic E-state index is -4.19. The van der Waals surface area contributed by atoms with Gasteiger partial charge in [0.15, 0.2) is 0 Å². The molecule has 0 radical (unpaired) electrons. The summed E-state index contributed by atoms with van der Waals surface area (Å²) in [7, 11) is -2.74. The lowest BCUT2D eigenvalue weighted by molar-refractivity contribution is -0.139. The van der Waals surface area contributed by atoms with Crippen molar-refractivity contribution in [3.8, 4) is 0 Å². The summed E-state index contributed by atoms with van der Waals surface area (Å²) in [5, 5.41) is 2.86. The third-order valence-electron chi connectivity index (χ3n) is 6.08. The van der Waals surface area contributed by atoms with Crippen LogP contribution in [0.1, 0.15) is 23.6 Å². The fraction of sp³-hybridized carbons (Fsp3) is 0.259. The number of rotatable bonds is 9. The van der Waals surface area contributed by atoms with Gasteiger partial charge < -0.3 is 10.2 Å². The van der Waals surface area contributed by atoms with Crippen molar-refractivity contribution < 1.29 is 22.4 Å². The Morgan fingerprint density at radius 3 is 2.22 bits per heavy atom. The van der Waals surface area contributed by atoms with Gasteiger partial charge in [-0.05, 0) is 68.3 Å². The molecular formula is C27H29ClFN3O4S. The highest BCUT2D eigenvalue weighted by atomic mass is 35.5. The van der Waals surface area contributed by atoms with Crippen LogP contribution in [0.25, 0.3) is 0 Å². The maximum Gasteiger partial charge on any atom is 0.264 e. The molecule has 10 heteroatoms. The number of aryl methyl sites for hydroxylation is 1. The van der Waals surface area contributed by atoms with Gasteiger partial charge in [0.05, 0.1) is 10.6 Å². The van der Waals surface area contributed by atoms with E-state index in [1.54, 1.807) is 44.2 Å². The number of carbonyl (C=O) groups excluding carboxylic acids is 2. The summed E-state index contributed by atoms with van der Waals surface area (Å²) in [4.78, 5) is 27.5. The topological polar surface area (TPSA) is 86.8 Å². The van der Waals surface area contributed by atoms with Crippen LogP contribution in [0, 0.1) is 19.7 Å². The Morgan fingerprint density at radius 2 is 1.62 bits per heavy atom. The molecular weight excluding hydrogens is 517 g/mol. The number of amides is 2. The molecule has 3 aromatic carbocycles. The average Bonchev–Trinajstić information content (AvgIpc) is 2.88. The molecule has 0 aromatic heterocycles. The van der Waals surface area contributed by atoms with E-state index >= 15 is 0 Å². The molecule has 0 fully saturated rings. The summed E-state index contributed by atoms with van der Waals surface area (Å²) in [6.07, 6.45) is 0. The second-order valence-corrected chi connectivity index (χ2v) is 10.9. The second kappa shape index (κ2) is 11.7. The van der Waals surface area contributed by atoms with Crippen molar-refractivity contribution in [3.05, 3.63) is 94.3 Å². The molecule has 1 atom stereocenters. The van der Waals surface area contributed by atoms with Crippen molar-refractivity contribution >= 4 is 39.1 Å². The van der Waals surface area contributed by atoms with Gasteiger partial charge in [0.1, 0.15) is 18.4 Å². The van der Waals surface area contributed by atoms with E-state index in [9.17, 15) is 22.4 Å². The smallest absolute Gasteiger partial charge is 0.264 e. The Bertz CT molecular complexity index is 1380. The molecule has 3 rings (SSSR count). The second-order valence-electron chi connectivity index (χ2n) is 8.65. The fourth-order valence-electron chi connectivity index (χ4n) is 3.80. The van der Waals surface area contributed by atoms with E-state index in [4.69, 9.17) is 11.6 Å². The summed E-state index contributed by atoms with van der Waals surface area (Å²) >= 11 is 6.30.